The molecule has 1 aliphatic carbocycles. The number of nitrogens with one attached hydrogen (secondary N) is 1. The molecule has 0 amide bonds. The fourth-order valence-corrected chi connectivity index (χ4v) is 2.86. The Labute approximate surface area is 116 Å². The van der Waals surface area contributed by atoms with Crippen molar-refractivity contribution in [2.24, 2.45) is 0 Å². The topological polar surface area (TPSA) is 25.2 Å². The molecule has 1 N–H and O–H groups in total. The highest BCUT2D eigenvalue weighted by molar-refractivity contribution is 9.10. The summed E-state index contributed by atoms with van der Waals surface area (Å²) in [4.78, 5) is 0. The van der Waals surface area contributed by atoms with E-state index in [1.54, 1.807) is 0 Å². The summed E-state index contributed by atoms with van der Waals surface area (Å²) in [6.45, 7) is 2.11. The van der Waals surface area contributed by atoms with Crippen LogP contribution in [0.2, 0.25) is 0 Å². The molecule has 94 valence electrons. The van der Waals surface area contributed by atoms with E-state index in [0.29, 0.717) is 0 Å². The first-order valence-corrected chi connectivity index (χ1v) is 7.15. The van der Waals surface area contributed by atoms with Gasteiger partial charge in [0.2, 0.25) is 0 Å². The molecule has 3 rings (SSSR count). The molecule has 0 radical (unpaired) electrons. The second-order valence-electron chi connectivity index (χ2n) is 4.84. The molecule has 1 aromatic heterocycles. The SMILES string of the molecule is CC(Nc1ccc2c(c1)CCC2)c1ccc(Br)o1. The third-order valence-corrected chi connectivity index (χ3v) is 3.93. The molecule has 1 unspecified atom stereocenters. The van der Waals surface area contributed by atoms with Crippen LogP contribution in [0.1, 0.15) is 36.3 Å². The number of halogens is 1. The highest BCUT2D eigenvalue weighted by Crippen LogP contribution is 2.28. The van der Waals surface area contributed by atoms with Crippen LogP contribution < -0.4 is 5.32 Å². The quantitative estimate of drug-likeness (QED) is 0.889. The molecule has 0 saturated heterocycles. The molecule has 0 fully saturated rings. The van der Waals surface area contributed by atoms with Gasteiger partial charge in [0.15, 0.2) is 4.67 Å². The lowest BCUT2D eigenvalue weighted by Crippen LogP contribution is -2.05. The third-order valence-electron chi connectivity index (χ3n) is 3.50. The molecule has 0 bridgehead atoms. The Balaban J connectivity index is 1.76. The zero-order valence-corrected chi connectivity index (χ0v) is 12.0. The van der Waals surface area contributed by atoms with Crippen LogP contribution >= 0.6 is 15.9 Å². The highest BCUT2D eigenvalue weighted by Gasteiger charge is 2.13. The standard InChI is InChI=1S/C15H16BrNO/c1-10(14-7-8-15(16)18-14)17-13-6-5-11-3-2-4-12(11)9-13/h5-10,17H,2-4H2,1H3. The molecular formula is C15H16BrNO. The second-order valence-corrected chi connectivity index (χ2v) is 5.63. The average molecular weight is 306 g/mol. The molecule has 1 aliphatic rings. The summed E-state index contributed by atoms with van der Waals surface area (Å²) in [6, 6.07) is 10.8. The first-order valence-electron chi connectivity index (χ1n) is 6.36. The van der Waals surface area contributed by atoms with Crippen LogP contribution in [0.25, 0.3) is 0 Å². The van der Waals surface area contributed by atoms with Crippen LogP contribution in [0.4, 0.5) is 5.69 Å². The molecule has 2 aromatic rings. The molecule has 1 aromatic carbocycles. The first-order chi connectivity index (χ1) is 8.72. The van der Waals surface area contributed by atoms with Crippen molar-refractivity contribution >= 4 is 21.6 Å². The number of fused-ring (bicyclic) bond motifs is 1. The van der Waals surface area contributed by atoms with Crippen LogP contribution in [0, 0.1) is 0 Å². The minimum absolute atomic E-state index is 0.177. The zero-order chi connectivity index (χ0) is 12.5. The summed E-state index contributed by atoms with van der Waals surface area (Å²) in [5.41, 5.74) is 4.18. The van der Waals surface area contributed by atoms with Gasteiger partial charge in [-0.1, -0.05) is 6.07 Å². The zero-order valence-electron chi connectivity index (χ0n) is 10.4. The Kier molecular flexibility index (Phi) is 3.16. The summed E-state index contributed by atoms with van der Waals surface area (Å²) >= 11 is 3.33. The maximum absolute atomic E-state index is 5.56. The van der Waals surface area contributed by atoms with Crippen LogP contribution in [0.5, 0.6) is 0 Å². The van der Waals surface area contributed by atoms with Gasteiger partial charge in [-0.05, 0) is 77.5 Å². The minimum Gasteiger partial charge on any atom is -0.452 e. The summed E-state index contributed by atoms with van der Waals surface area (Å²) in [6.07, 6.45) is 3.74. The van der Waals surface area contributed by atoms with Gasteiger partial charge >= 0.3 is 0 Å². The van der Waals surface area contributed by atoms with Gasteiger partial charge in [-0.2, -0.15) is 0 Å². The number of aryl methyl sites for hydroxylation is 2. The van der Waals surface area contributed by atoms with Gasteiger partial charge in [0.25, 0.3) is 0 Å². The molecule has 0 saturated carbocycles. The lowest BCUT2D eigenvalue weighted by molar-refractivity contribution is 0.471. The summed E-state index contributed by atoms with van der Waals surface area (Å²) in [7, 11) is 0. The van der Waals surface area contributed by atoms with E-state index in [1.807, 2.05) is 12.1 Å². The fraction of sp³-hybridized carbons (Fsp3) is 0.333. The van der Waals surface area contributed by atoms with Crippen molar-refractivity contribution in [1.82, 2.24) is 0 Å². The third kappa shape index (κ3) is 2.32. The normalized spacial score (nSPS) is 15.4. The first kappa shape index (κ1) is 11.8. The fourth-order valence-electron chi connectivity index (χ4n) is 2.54. The van der Waals surface area contributed by atoms with Crippen molar-refractivity contribution in [3.05, 3.63) is 51.9 Å². The number of furan rings is 1. The van der Waals surface area contributed by atoms with Crippen LogP contribution in [-0.4, -0.2) is 0 Å². The number of hydrogen-bond donors (Lipinski definition) is 1. The van der Waals surface area contributed by atoms with Crippen LogP contribution in [-0.2, 0) is 12.8 Å². The number of anilines is 1. The van der Waals surface area contributed by atoms with E-state index in [-0.39, 0.29) is 6.04 Å². The Morgan fingerprint density at radius 1 is 1.17 bits per heavy atom. The molecule has 3 heteroatoms. The molecule has 18 heavy (non-hydrogen) atoms. The predicted octanol–water partition coefficient (Wildman–Crippen LogP) is 4.70. The van der Waals surface area contributed by atoms with E-state index in [9.17, 15) is 0 Å². The maximum atomic E-state index is 5.56. The Hall–Kier alpha value is -1.22. The smallest absolute Gasteiger partial charge is 0.169 e. The molecule has 2 nitrogen and oxygen atoms in total. The maximum Gasteiger partial charge on any atom is 0.169 e. The van der Waals surface area contributed by atoms with E-state index in [1.165, 1.54) is 36.1 Å². The van der Waals surface area contributed by atoms with Crippen molar-refractivity contribution in [2.45, 2.75) is 32.2 Å². The van der Waals surface area contributed by atoms with E-state index in [0.717, 1.165) is 10.4 Å². The van der Waals surface area contributed by atoms with Gasteiger partial charge in [0.05, 0.1) is 6.04 Å². The van der Waals surface area contributed by atoms with E-state index >= 15 is 0 Å². The molecular weight excluding hydrogens is 290 g/mol. The largest absolute Gasteiger partial charge is 0.452 e. The predicted molar refractivity (Wildman–Crippen MR) is 76.9 cm³/mol. The van der Waals surface area contributed by atoms with Gasteiger partial charge in [-0.25, -0.2) is 0 Å². The van der Waals surface area contributed by atoms with E-state index < -0.39 is 0 Å². The Morgan fingerprint density at radius 3 is 2.78 bits per heavy atom. The van der Waals surface area contributed by atoms with Crippen molar-refractivity contribution in [3.63, 3.8) is 0 Å². The van der Waals surface area contributed by atoms with Crippen molar-refractivity contribution in [3.8, 4) is 0 Å². The molecule has 1 atom stereocenters. The monoisotopic (exact) mass is 305 g/mol. The number of rotatable bonds is 3. The number of hydrogen-bond acceptors (Lipinski definition) is 2. The van der Waals surface area contributed by atoms with Gasteiger partial charge < -0.3 is 9.73 Å². The van der Waals surface area contributed by atoms with E-state index in [2.05, 4.69) is 46.4 Å². The molecule has 1 heterocycles. The van der Waals surface area contributed by atoms with E-state index in [4.69, 9.17) is 4.42 Å². The highest BCUT2D eigenvalue weighted by atomic mass is 79.9. The van der Waals surface area contributed by atoms with Gasteiger partial charge in [-0.3, -0.25) is 0 Å². The summed E-state index contributed by atoms with van der Waals surface area (Å²) < 4.78 is 6.34. The van der Waals surface area contributed by atoms with Crippen LogP contribution in [0.15, 0.2) is 39.4 Å². The van der Waals surface area contributed by atoms with Crippen molar-refractivity contribution in [1.29, 1.82) is 0 Å². The van der Waals surface area contributed by atoms with Crippen LogP contribution in [0.3, 0.4) is 0 Å². The summed E-state index contributed by atoms with van der Waals surface area (Å²) in [5.74, 6) is 0.947. The van der Waals surface area contributed by atoms with Gasteiger partial charge in [0, 0.05) is 5.69 Å². The van der Waals surface area contributed by atoms with Crippen molar-refractivity contribution < 1.29 is 4.42 Å². The van der Waals surface area contributed by atoms with Crippen molar-refractivity contribution in [2.75, 3.05) is 5.32 Å². The molecule has 0 spiro atoms. The minimum atomic E-state index is 0.177. The summed E-state index contributed by atoms with van der Waals surface area (Å²) in [5, 5.41) is 3.49. The lowest BCUT2D eigenvalue weighted by Gasteiger charge is -2.14. The molecule has 0 aliphatic heterocycles. The number of benzene rings is 1. The Bertz CT molecular complexity index is 561. The average Bonchev–Trinajstić information content (AvgIpc) is 2.96. The second kappa shape index (κ2) is 4.81. The lowest BCUT2D eigenvalue weighted by atomic mass is 10.1. The van der Waals surface area contributed by atoms with Gasteiger partial charge in [0.1, 0.15) is 5.76 Å². The Morgan fingerprint density at radius 2 is 2.00 bits per heavy atom. The van der Waals surface area contributed by atoms with Gasteiger partial charge in [-0.15, -0.1) is 0 Å².